The second-order valence-corrected chi connectivity index (χ2v) is 4.07. The summed E-state index contributed by atoms with van der Waals surface area (Å²) in [5, 5.41) is 3.33. The fourth-order valence-electron chi connectivity index (χ4n) is 1.43. The first-order valence-corrected chi connectivity index (χ1v) is 5.52. The highest BCUT2D eigenvalue weighted by Crippen LogP contribution is 2.14. The maximum Gasteiger partial charge on any atom is 0.0587 e. The first kappa shape index (κ1) is 15.4. The van der Waals surface area contributed by atoms with Gasteiger partial charge in [-0.25, -0.2) is 0 Å². The summed E-state index contributed by atoms with van der Waals surface area (Å²) < 4.78 is 4.97. The van der Waals surface area contributed by atoms with E-state index < -0.39 is 0 Å². The van der Waals surface area contributed by atoms with Gasteiger partial charge in [0.1, 0.15) is 0 Å². The molecule has 0 radical (unpaired) electrons. The van der Waals surface area contributed by atoms with Gasteiger partial charge >= 0.3 is 0 Å². The van der Waals surface area contributed by atoms with Gasteiger partial charge in [-0.15, -0.1) is 12.4 Å². The topological polar surface area (TPSA) is 21.3 Å². The molecule has 0 saturated heterocycles. The zero-order valence-corrected chi connectivity index (χ0v) is 11.1. The lowest BCUT2D eigenvalue weighted by atomic mass is 10.0. The number of ether oxygens (including phenoxy) is 1. The third kappa shape index (κ3) is 5.50. The van der Waals surface area contributed by atoms with Crippen molar-refractivity contribution in [2.24, 2.45) is 0 Å². The molecule has 0 unspecified atom stereocenters. The molecule has 0 bridgehead atoms. The predicted octanol–water partition coefficient (Wildman–Crippen LogP) is 2.97. The molecule has 3 heteroatoms. The summed E-state index contributed by atoms with van der Waals surface area (Å²) in [6, 6.07) is 8.79. The zero-order chi connectivity index (χ0) is 11.1. The molecule has 0 aliphatic rings. The molecule has 1 rings (SSSR count). The highest BCUT2D eigenvalue weighted by atomic mass is 35.5. The molecule has 1 aromatic rings. The van der Waals surface area contributed by atoms with Crippen molar-refractivity contribution >= 4 is 12.4 Å². The molecule has 92 valence electrons. The Labute approximate surface area is 105 Å². The van der Waals surface area contributed by atoms with Crippen LogP contribution in [-0.4, -0.2) is 20.3 Å². The number of benzene rings is 1. The van der Waals surface area contributed by atoms with Crippen LogP contribution in [0.4, 0.5) is 0 Å². The second kappa shape index (κ2) is 8.57. The summed E-state index contributed by atoms with van der Waals surface area (Å²) in [6.07, 6.45) is 0. The number of nitrogens with one attached hydrogen (secondary N) is 1. The molecule has 0 aliphatic carbocycles. The van der Waals surface area contributed by atoms with Crippen molar-refractivity contribution in [3.05, 3.63) is 35.4 Å². The zero-order valence-electron chi connectivity index (χ0n) is 10.3. The minimum atomic E-state index is 0. The van der Waals surface area contributed by atoms with Crippen molar-refractivity contribution in [2.45, 2.75) is 26.3 Å². The molecular weight excluding hydrogens is 222 g/mol. The first-order chi connectivity index (χ1) is 7.24. The first-order valence-electron chi connectivity index (χ1n) is 5.52. The van der Waals surface area contributed by atoms with E-state index in [2.05, 4.69) is 43.4 Å². The average molecular weight is 244 g/mol. The molecule has 0 heterocycles. The molecule has 16 heavy (non-hydrogen) atoms. The van der Waals surface area contributed by atoms with Gasteiger partial charge in [-0.3, -0.25) is 0 Å². The van der Waals surface area contributed by atoms with E-state index in [-0.39, 0.29) is 12.4 Å². The van der Waals surface area contributed by atoms with E-state index in [9.17, 15) is 0 Å². The summed E-state index contributed by atoms with van der Waals surface area (Å²) in [5.41, 5.74) is 2.73. The number of rotatable bonds is 6. The third-order valence-electron chi connectivity index (χ3n) is 2.46. The fraction of sp³-hybridized carbons (Fsp3) is 0.538. The molecule has 0 atom stereocenters. The molecule has 0 saturated carbocycles. The highest BCUT2D eigenvalue weighted by Gasteiger charge is 1.98. The minimum Gasteiger partial charge on any atom is -0.383 e. The van der Waals surface area contributed by atoms with Crippen LogP contribution in [0, 0.1) is 0 Å². The Morgan fingerprint density at radius 3 is 2.31 bits per heavy atom. The Morgan fingerprint density at radius 1 is 1.19 bits per heavy atom. The van der Waals surface area contributed by atoms with Gasteiger partial charge in [0, 0.05) is 20.2 Å². The lowest BCUT2D eigenvalue weighted by Gasteiger charge is -2.07. The lowest BCUT2D eigenvalue weighted by molar-refractivity contribution is 0.199. The van der Waals surface area contributed by atoms with Gasteiger partial charge in [0.25, 0.3) is 0 Å². The van der Waals surface area contributed by atoms with Crippen LogP contribution in [0.3, 0.4) is 0 Å². The minimum absolute atomic E-state index is 0. The molecule has 0 spiro atoms. The van der Waals surface area contributed by atoms with Crippen molar-refractivity contribution in [2.75, 3.05) is 20.3 Å². The number of hydrogen-bond acceptors (Lipinski definition) is 2. The van der Waals surface area contributed by atoms with Crippen LogP contribution < -0.4 is 5.32 Å². The van der Waals surface area contributed by atoms with Gasteiger partial charge in [-0.2, -0.15) is 0 Å². The van der Waals surface area contributed by atoms with Gasteiger partial charge in [-0.05, 0) is 17.0 Å². The Hall–Kier alpha value is -0.570. The molecule has 0 aliphatic heterocycles. The number of hydrogen-bond donors (Lipinski definition) is 1. The number of halogens is 1. The van der Waals surface area contributed by atoms with E-state index in [0.29, 0.717) is 5.92 Å². The normalized spacial score (nSPS) is 10.2. The standard InChI is InChI=1S/C13H21NO.ClH/c1-11(2)13-6-4-12(5-7-13)10-14-8-9-15-3;/h4-7,11,14H,8-10H2,1-3H3;1H. The van der Waals surface area contributed by atoms with Gasteiger partial charge in [0.2, 0.25) is 0 Å². The average Bonchev–Trinajstić information content (AvgIpc) is 2.25. The van der Waals surface area contributed by atoms with Gasteiger partial charge in [-0.1, -0.05) is 38.1 Å². The Kier molecular flexibility index (Phi) is 8.26. The van der Waals surface area contributed by atoms with Crippen molar-refractivity contribution in [3.8, 4) is 0 Å². The smallest absolute Gasteiger partial charge is 0.0587 e. The molecule has 1 N–H and O–H groups in total. The van der Waals surface area contributed by atoms with E-state index in [1.54, 1.807) is 7.11 Å². The molecule has 0 fully saturated rings. The van der Waals surface area contributed by atoms with E-state index in [0.717, 1.165) is 19.7 Å². The summed E-state index contributed by atoms with van der Waals surface area (Å²) in [7, 11) is 1.72. The van der Waals surface area contributed by atoms with Crippen LogP contribution in [0.15, 0.2) is 24.3 Å². The molecule has 0 aromatic heterocycles. The Morgan fingerprint density at radius 2 is 1.81 bits per heavy atom. The van der Waals surface area contributed by atoms with Crippen LogP contribution >= 0.6 is 12.4 Å². The summed E-state index contributed by atoms with van der Waals surface area (Å²) >= 11 is 0. The highest BCUT2D eigenvalue weighted by molar-refractivity contribution is 5.85. The van der Waals surface area contributed by atoms with Crippen LogP contribution in [0.25, 0.3) is 0 Å². The van der Waals surface area contributed by atoms with E-state index in [4.69, 9.17) is 4.74 Å². The quantitative estimate of drug-likeness (QED) is 0.776. The third-order valence-corrected chi connectivity index (χ3v) is 2.46. The molecule has 2 nitrogen and oxygen atoms in total. The van der Waals surface area contributed by atoms with Crippen molar-refractivity contribution < 1.29 is 4.74 Å². The van der Waals surface area contributed by atoms with E-state index in [1.807, 2.05) is 0 Å². The molecule has 1 aromatic carbocycles. The van der Waals surface area contributed by atoms with Crippen LogP contribution in [0.5, 0.6) is 0 Å². The maximum absolute atomic E-state index is 4.97. The summed E-state index contributed by atoms with van der Waals surface area (Å²) in [5.74, 6) is 0.612. The van der Waals surface area contributed by atoms with Crippen LogP contribution in [0.2, 0.25) is 0 Å². The van der Waals surface area contributed by atoms with Crippen LogP contribution in [-0.2, 0) is 11.3 Å². The second-order valence-electron chi connectivity index (χ2n) is 4.07. The summed E-state index contributed by atoms with van der Waals surface area (Å²) in [4.78, 5) is 0. The monoisotopic (exact) mass is 243 g/mol. The lowest BCUT2D eigenvalue weighted by Crippen LogP contribution is -2.18. The molecule has 0 amide bonds. The van der Waals surface area contributed by atoms with Gasteiger partial charge < -0.3 is 10.1 Å². The van der Waals surface area contributed by atoms with Crippen LogP contribution in [0.1, 0.15) is 30.9 Å². The van der Waals surface area contributed by atoms with Crippen molar-refractivity contribution in [1.82, 2.24) is 5.32 Å². The Bertz CT molecular complexity index is 272. The van der Waals surface area contributed by atoms with Gasteiger partial charge in [0.15, 0.2) is 0 Å². The maximum atomic E-state index is 4.97. The predicted molar refractivity (Wildman–Crippen MR) is 71.4 cm³/mol. The van der Waals surface area contributed by atoms with Crippen molar-refractivity contribution in [1.29, 1.82) is 0 Å². The van der Waals surface area contributed by atoms with E-state index in [1.165, 1.54) is 11.1 Å². The Balaban J connectivity index is 0.00000225. The van der Waals surface area contributed by atoms with Crippen molar-refractivity contribution in [3.63, 3.8) is 0 Å². The number of methoxy groups -OCH3 is 1. The van der Waals surface area contributed by atoms with E-state index >= 15 is 0 Å². The summed E-state index contributed by atoms with van der Waals surface area (Å²) in [6.45, 7) is 7.02. The molecular formula is C13H22ClNO. The van der Waals surface area contributed by atoms with Gasteiger partial charge in [0.05, 0.1) is 6.61 Å². The SMILES string of the molecule is COCCNCc1ccc(C(C)C)cc1.Cl. The fourth-order valence-corrected chi connectivity index (χ4v) is 1.43. The largest absolute Gasteiger partial charge is 0.383 e.